The summed E-state index contributed by atoms with van der Waals surface area (Å²) in [6.07, 6.45) is 0. The van der Waals surface area contributed by atoms with Crippen LogP contribution in [-0.2, 0) is 0 Å². The zero-order chi connectivity index (χ0) is 11.5. The third kappa shape index (κ3) is 2.21. The number of halogens is 2. The molecule has 1 atom stereocenters. The average molecular weight is 242 g/mol. The lowest BCUT2D eigenvalue weighted by Crippen LogP contribution is -2.29. The number of aromatic nitrogens is 2. The lowest BCUT2D eigenvalue weighted by molar-refractivity contribution is 0.562. The number of hydrogen-bond donors (Lipinski definition) is 2. The summed E-state index contributed by atoms with van der Waals surface area (Å²) in [5.74, 6) is 4.03. The van der Waals surface area contributed by atoms with Crippen molar-refractivity contribution in [3.8, 4) is 0 Å². The number of hydrazine groups is 1. The molecule has 0 aliphatic rings. The molecule has 7 heteroatoms. The van der Waals surface area contributed by atoms with Crippen LogP contribution in [0.4, 0.5) is 8.78 Å². The zero-order valence-electron chi connectivity index (χ0n) is 8.02. The molecule has 1 heterocycles. The van der Waals surface area contributed by atoms with E-state index in [1.807, 2.05) is 0 Å². The Balaban J connectivity index is 2.41. The van der Waals surface area contributed by atoms with Gasteiger partial charge >= 0.3 is 0 Å². The van der Waals surface area contributed by atoms with Crippen molar-refractivity contribution in [3.63, 3.8) is 0 Å². The van der Waals surface area contributed by atoms with Crippen LogP contribution < -0.4 is 11.3 Å². The number of nitrogens with two attached hydrogens (primary N) is 1. The van der Waals surface area contributed by atoms with E-state index in [9.17, 15) is 8.78 Å². The predicted molar refractivity (Wildman–Crippen MR) is 55.4 cm³/mol. The summed E-state index contributed by atoms with van der Waals surface area (Å²) in [6.45, 7) is 0. The summed E-state index contributed by atoms with van der Waals surface area (Å²) in [4.78, 5) is 0. The van der Waals surface area contributed by atoms with E-state index >= 15 is 0 Å². The van der Waals surface area contributed by atoms with Gasteiger partial charge in [-0.15, -0.1) is 5.10 Å². The molecule has 16 heavy (non-hydrogen) atoms. The fourth-order valence-electron chi connectivity index (χ4n) is 1.39. The Morgan fingerprint density at radius 1 is 1.25 bits per heavy atom. The minimum absolute atomic E-state index is 0.368. The number of nitrogens with zero attached hydrogens (tertiary/aromatic N) is 2. The van der Waals surface area contributed by atoms with E-state index in [0.29, 0.717) is 11.3 Å². The van der Waals surface area contributed by atoms with E-state index in [1.165, 1.54) is 12.1 Å². The first kappa shape index (κ1) is 11.1. The van der Waals surface area contributed by atoms with Crippen LogP contribution in [0.3, 0.4) is 0 Å². The highest BCUT2D eigenvalue weighted by atomic mass is 32.1. The molecule has 0 fully saturated rings. The molecule has 0 saturated heterocycles. The Morgan fingerprint density at radius 3 is 2.44 bits per heavy atom. The van der Waals surface area contributed by atoms with Crippen molar-refractivity contribution >= 4 is 11.5 Å². The molecule has 2 rings (SSSR count). The third-order valence-corrected chi connectivity index (χ3v) is 2.58. The SMILES string of the molecule is NNC(c1cc(F)cc(F)c1)c1csnn1. The summed E-state index contributed by atoms with van der Waals surface area (Å²) in [5.41, 5.74) is 3.34. The van der Waals surface area contributed by atoms with Gasteiger partial charge in [0.1, 0.15) is 11.6 Å². The molecule has 0 radical (unpaired) electrons. The van der Waals surface area contributed by atoms with E-state index in [0.717, 1.165) is 17.6 Å². The maximum absolute atomic E-state index is 13.0. The van der Waals surface area contributed by atoms with Crippen LogP contribution in [0.1, 0.15) is 17.3 Å². The van der Waals surface area contributed by atoms with Crippen LogP contribution in [-0.4, -0.2) is 9.59 Å². The van der Waals surface area contributed by atoms with Crippen molar-refractivity contribution in [2.24, 2.45) is 5.84 Å². The molecule has 1 aromatic carbocycles. The first-order valence-corrected chi connectivity index (χ1v) is 5.23. The predicted octanol–water partition coefficient (Wildman–Crippen LogP) is 1.37. The summed E-state index contributed by atoms with van der Waals surface area (Å²) >= 11 is 1.14. The monoisotopic (exact) mass is 242 g/mol. The van der Waals surface area contributed by atoms with Crippen LogP contribution in [0, 0.1) is 11.6 Å². The number of nitrogens with one attached hydrogen (secondary N) is 1. The first-order chi connectivity index (χ1) is 7.70. The van der Waals surface area contributed by atoms with Gasteiger partial charge in [0.05, 0.1) is 11.7 Å². The number of rotatable bonds is 3. The number of hydrogen-bond acceptors (Lipinski definition) is 5. The van der Waals surface area contributed by atoms with Crippen molar-refractivity contribution < 1.29 is 8.78 Å². The molecule has 2 aromatic rings. The van der Waals surface area contributed by atoms with Crippen molar-refractivity contribution in [3.05, 3.63) is 46.5 Å². The van der Waals surface area contributed by atoms with Gasteiger partial charge in [-0.1, -0.05) is 4.49 Å². The number of benzene rings is 1. The highest BCUT2D eigenvalue weighted by Gasteiger charge is 2.16. The van der Waals surface area contributed by atoms with Gasteiger partial charge < -0.3 is 0 Å². The topological polar surface area (TPSA) is 63.8 Å². The van der Waals surface area contributed by atoms with Gasteiger partial charge in [-0.2, -0.15) is 0 Å². The molecule has 0 amide bonds. The van der Waals surface area contributed by atoms with E-state index in [4.69, 9.17) is 5.84 Å². The zero-order valence-corrected chi connectivity index (χ0v) is 8.84. The van der Waals surface area contributed by atoms with E-state index in [2.05, 4.69) is 15.0 Å². The van der Waals surface area contributed by atoms with Crippen LogP contribution in [0.15, 0.2) is 23.6 Å². The fourth-order valence-corrected chi connectivity index (χ4v) is 1.87. The molecular formula is C9H8F2N4S. The van der Waals surface area contributed by atoms with E-state index < -0.39 is 17.7 Å². The van der Waals surface area contributed by atoms with Crippen LogP contribution >= 0.6 is 11.5 Å². The van der Waals surface area contributed by atoms with Gasteiger partial charge in [0.15, 0.2) is 0 Å². The van der Waals surface area contributed by atoms with Crippen molar-refractivity contribution in [1.29, 1.82) is 0 Å². The largest absolute Gasteiger partial charge is 0.271 e. The fraction of sp³-hybridized carbons (Fsp3) is 0.111. The molecule has 0 bridgehead atoms. The highest BCUT2D eigenvalue weighted by molar-refractivity contribution is 7.03. The molecule has 1 unspecified atom stereocenters. The van der Waals surface area contributed by atoms with Gasteiger partial charge in [-0.05, 0) is 29.2 Å². The Kier molecular flexibility index (Phi) is 3.18. The summed E-state index contributed by atoms with van der Waals surface area (Å²) in [6, 6.07) is 2.64. The van der Waals surface area contributed by atoms with Crippen LogP contribution in [0.25, 0.3) is 0 Å². The Hall–Kier alpha value is -1.44. The van der Waals surface area contributed by atoms with Crippen LogP contribution in [0.2, 0.25) is 0 Å². The lowest BCUT2D eigenvalue weighted by atomic mass is 10.1. The molecule has 0 aliphatic heterocycles. The average Bonchev–Trinajstić information content (AvgIpc) is 2.70. The smallest absolute Gasteiger partial charge is 0.126 e. The van der Waals surface area contributed by atoms with E-state index in [-0.39, 0.29) is 0 Å². The van der Waals surface area contributed by atoms with Gasteiger partial charge in [-0.25, -0.2) is 14.2 Å². The van der Waals surface area contributed by atoms with Crippen molar-refractivity contribution in [2.45, 2.75) is 6.04 Å². The Bertz CT molecular complexity index is 454. The van der Waals surface area contributed by atoms with Crippen molar-refractivity contribution in [2.75, 3.05) is 0 Å². The van der Waals surface area contributed by atoms with E-state index in [1.54, 1.807) is 5.38 Å². The minimum Gasteiger partial charge on any atom is -0.271 e. The van der Waals surface area contributed by atoms with Gasteiger partial charge in [0.25, 0.3) is 0 Å². The first-order valence-electron chi connectivity index (χ1n) is 4.40. The van der Waals surface area contributed by atoms with Crippen LogP contribution in [0.5, 0.6) is 0 Å². The third-order valence-electron chi connectivity index (χ3n) is 2.06. The normalized spacial score (nSPS) is 12.7. The van der Waals surface area contributed by atoms with Crippen molar-refractivity contribution in [1.82, 2.24) is 15.0 Å². The second kappa shape index (κ2) is 4.60. The molecule has 0 aliphatic carbocycles. The van der Waals surface area contributed by atoms with Gasteiger partial charge in [-0.3, -0.25) is 5.84 Å². The van der Waals surface area contributed by atoms with Gasteiger partial charge in [0, 0.05) is 11.4 Å². The highest BCUT2D eigenvalue weighted by Crippen LogP contribution is 2.21. The summed E-state index contributed by atoms with van der Waals surface area (Å²) in [7, 11) is 0. The maximum atomic E-state index is 13.0. The lowest BCUT2D eigenvalue weighted by Gasteiger charge is -2.13. The minimum atomic E-state index is -0.654. The standard InChI is InChI=1S/C9H8F2N4S/c10-6-1-5(2-7(11)3-6)9(13-12)8-4-16-15-14-8/h1-4,9,13H,12H2. The molecule has 0 saturated carbocycles. The second-order valence-corrected chi connectivity index (χ2v) is 3.74. The Morgan fingerprint density at radius 2 is 1.94 bits per heavy atom. The van der Waals surface area contributed by atoms with Gasteiger partial charge in [0.2, 0.25) is 0 Å². The summed E-state index contributed by atoms with van der Waals surface area (Å²) < 4.78 is 29.7. The molecule has 84 valence electrons. The molecule has 3 N–H and O–H groups in total. The quantitative estimate of drug-likeness (QED) is 0.630. The maximum Gasteiger partial charge on any atom is 0.126 e. The Labute approximate surface area is 94.2 Å². The second-order valence-electron chi connectivity index (χ2n) is 3.13. The molecule has 1 aromatic heterocycles. The molecule has 4 nitrogen and oxygen atoms in total. The molecule has 0 spiro atoms. The molecular weight excluding hydrogens is 234 g/mol. The summed E-state index contributed by atoms with van der Waals surface area (Å²) in [5, 5.41) is 5.46.